The van der Waals surface area contributed by atoms with Crippen LogP contribution in [0.3, 0.4) is 0 Å². The Morgan fingerprint density at radius 2 is 1.00 bits per heavy atom. The number of rotatable bonds is 8. The molecule has 0 N–H and O–H groups in total. The highest BCUT2D eigenvalue weighted by Crippen LogP contribution is 1.94. The maximum atomic E-state index is 5.01. The van der Waals surface area contributed by atoms with E-state index in [0.29, 0.717) is 12.5 Å². The molecular formula is C17H48O4. The van der Waals surface area contributed by atoms with Gasteiger partial charge in [-0.3, -0.25) is 0 Å². The molecule has 0 spiro atoms. The Kier molecular flexibility index (Phi) is 75.0. The smallest absolute Gasteiger partial charge is 0.0801 e. The van der Waals surface area contributed by atoms with E-state index in [4.69, 9.17) is 18.9 Å². The van der Waals surface area contributed by atoms with E-state index in [1.54, 1.807) is 28.4 Å². The first kappa shape index (κ1) is 42.8. The molecule has 4 nitrogen and oxygen atoms in total. The van der Waals surface area contributed by atoms with Gasteiger partial charge in [-0.05, 0) is 6.42 Å². The molecular weight excluding hydrogens is 268 g/mol. The lowest BCUT2D eigenvalue weighted by Crippen LogP contribution is -2.15. The van der Waals surface area contributed by atoms with E-state index < -0.39 is 0 Å². The Morgan fingerprint density at radius 3 is 1.14 bits per heavy atom. The second-order valence-corrected chi connectivity index (χ2v) is 3.74. The van der Waals surface area contributed by atoms with Crippen molar-refractivity contribution in [2.45, 2.75) is 63.5 Å². The van der Waals surface area contributed by atoms with Gasteiger partial charge in [0.25, 0.3) is 0 Å². The first-order chi connectivity index (χ1) is 7.65. The maximum absolute atomic E-state index is 5.01. The molecule has 0 saturated heterocycles. The average molecular weight is 317 g/mol. The zero-order chi connectivity index (χ0) is 12.8. The van der Waals surface area contributed by atoms with Gasteiger partial charge in [-0.1, -0.05) is 51.0 Å². The van der Waals surface area contributed by atoms with Gasteiger partial charge >= 0.3 is 0 Å². The monoisotopic (exact) mass is 316 g/mol. The van der Waals surface area contributed by atoms with Crippen LogP contribution in [0.15, 0.2) is 0 Å². The van der Waals surface area contributed by atoms with Crippen LogP contribution in [0.2, 0.25) is 0 Å². The molecule has 0 saturated carbocycles. The number of methoxy groups -OCH3 is 4. The normalized spacial score (nSPS) is 9.29. The summed E-state index contributed by atoms with van der Waals surface area (Å²) in [5.74, 6) is 0.519. The van der Waals surface area contributed by atoms with E-state index in [1.165, 1.54) is 0 Å². The van der Waals surface area contributed by atoms with Crippen LogP contribution in [-0.4, -0.2) is 54.4 Å². The van der Waals surface area contributed by atoms with Crippen molar-refractivity contribution >= 4 is 0 Å². The zero-order valence-electron chi connectivity index (χ0n) is 11.6. The molecule has 0 rings (SSSR count). The molecule has 0 aromatic heterocycles. The predicted molar refractivity (Wildman–Crippen MR) is 99.5 cm³/mol. The van der Waals surface area contributed by atoms with Crippen molar-refractivity contribution in [3.05, 3.63) is 0 Å². The molecule has 1 unspecified atom stereocenters. The van der Waals surface area contributed by atoms with Gasteiger partial charge in [0.05, 0.1) is 25.9 Å². The minimum Gasteiger partial charge on any atom is -0.384 e. The van der Waals surface area contributed by atoms with Gasteiger partial charge in [0, 0.05) is 34.4 Å². The summed E-state index contributed by atoms with van der Waals surface area (Å²) in [5, 5.41) is 0. The molecule has 0 bridgehead atoms. The van der Waals surface area contributed by atoms with E-state index in [9.17, 15) is 0 Å². The van der Waals surface area contributed by atoms with Crippen LogP contribution in [0.4, 0.5) is 0 Å². The summed E-state index contributed by atoms with van der Waals surface area (Å²) in [4.78, 5) is 0. The first-order valence-corrected chi connectivity index (χ1v) is 5.65. The van der Waals surface area contributed by atoms with Crippen molar-refractivity contribution in [1.82, 2.24) is 0 Å². The largest absolute Gasteiger partial charge is 0.384 e. The fourth-order valence-corrected chi connectivity index (χ4v) is 1.16. The molecule has 0 aliphatic heterocycles. The van der Waals surface area contributed by atoms with Crippen LogP contribution in [0.1, 0.15) is 57.4 Å². The van der Waals surface area contributed by atoms with Crippen molar-refractivity contribution < 1.29 is 18.9 Å². The number of hydrogen-bond acceptors (Lipinski definition) is 4. The Balaban J connectivity index is -0.0000000302. The van der Waals surface area contributed by atoms with Gasteiger partial charge in [-0.25, -0.2) is 0 Å². The van der Waals surface area contributed by atoms with E-state index in [2.05, 4.69) is 13.8 Å². The summed E-state index contributed by atoms with van der Waals surface area (Å²) in [6.07, 6.45) is 1.30. The van der Waals surface area contributed by atoms with Crippen LogP contribution in [0.25, 0.3) is 0 Å². The lowest BCUT2D eigenvalue weighted by atomic mass is 10.2. The molecule has 0 aromatic carbocycles. The molecule has 0 heterocycles. The molecule has 0 amide bonds. The van der Waals surface area contributed by atoms with Crippen molar-refractivity contribution in [1.29, 1.82) is 0 Å². The molecule has 1 atom stereocenters. The summed E-state index contributed by atoms with van der Waals surface area (Å²) >= 11 is 0. The summed E-state index contributed by atoms with van der Waals surface area (Å²) in [7, 11) is 6.78. The molecule has 140 valence electrons. The third-order valence-corrected chi connectivity index (χ3v) is 2.04. The minimum atomic E-state index is 0. The Labute approximate surface area is 137 Å². The molecule has 0 fully saturated rings. The molecule has 4 heteroatoms. The summed E-state index contributed by atoms with van der Waals surface area (Å²) < 4.78 is 19.6. The molecule has 21 heavy (non-hydrogen) atoms. The second-order valence-electron chi connectivity index (χ2n) is 3.74. The Hall–Kier alpha value is -0.160. The van der Waals surface area contributed by atoms with Gasteiger partial charge in [-0.2, -0.15) is 0 Å². The van der Waals surface area contributed by atoms with Crippen LogP contribution >= 0.6 is 0 Å². The van der Waals surface area contributed by atoms with Gasteiger partial charge in [0.15, 0.2) is 0 Å². The third kappa shape index (κ3) is 38.3. The van der Waals surface area contributed by atoms with Crippen molar-refractivity contribution in [2.24, 2.45) is 5.92 Å². The molecule has 0 aromatic rings. The van der Waals surface area contributed by atoms with E-state index >= 15 is 0 Å². The molecule has 0 aliphatic carbocycles. The van der Waals surface area contributed by atoms with Gasteiger partial charge < -0.3 is 18.9 Å². The SMILES string of the molecule is C.C.C.C.C.CCC(COC)OC.COCC(C)COC. The zero-order valence-corrected chi connectivity index (χ0v) is 11.6. The summed E-state index contributed by atoms with van der Waals surface area (Å²) in [6.45, 7) is 6.44. The van der Waals surface area contributed by atoms with Gasteiger partial charge in [0.2, 0.25) is 0 Å². The lowest BCUT2D eigenvalue weighted by molar-refractivity contribution is 0.0265. The topological polar surface area (TPSA) is 36.9 Å². The third-order valence-electron chi connectivity index (χ3n) is 2.04. The maximum Gasteiger partial charge on any atom is 0.0801 e. The van der Waals surface area contributed by atoms with Crippen molar-refractivity contribution in [3.63, 3.8) is 0 Å². The number of hydrogen-bond donors (Lipinski definition) is 0. The molecule has 0 radical (unpaired) electrons. The van der Waals surface area contributed by atoms with E-state index in [-0.39, 0.29) is 43.2 Å². The van der Waals surface area contributed by atoms with Crippen LogP contribution in [0.5, 0.6) is 0 Å². The standard InChI is InChI=1S/2C6H14O2.5CH4/c1-6(4-7-2)5-8-3;1-4-6(8-3)5-7-2;;;;;/h2*6H,4-5H2,1-3H3;5*1H4. The fourth-order valence-electron chi connectivity index (χ4n) is 1.16. The van der Waals surface area contributed by atoms with Crippen LogP contribution in [-0.2, 0) is 18.9 Å². The summed E-state index contributed by atoms with van der Waals surface area (Å²) in [6, 6.07) is 0. The highest BCUT2D eigenvalue weighted by molar-refractivity contribution is 4.49. The van der Waals surface area contributed by atoms with Gasteiger partial charge in [0.1, 0.15) is 0 Å². The quantitative estimate of drug-likeness (QED) is 0.620. The summed E-state index contributed by atoms with van der Waals surface area (Å²) in [5.41, 5.74) is 0. The Bertz CT molecular complexity index is 111. The van der Waals surface area contributed by atoms with E-state index in [0.717, 1.165) is 19.6 Å². The molecule has 0 aliphatic rings. The first-order valence-electron chi connectivity index (χ1n) is 5.65. The minimum absolute atomic E-state index is 0. The van der Waals surface area contributed by atoms with Gasteiger partial charge in [-0.15, -0.1) is 0 Å². The van der Waals surface area contributed by atoms with E-state index in [1.807, 2.05) is 0 Å². The second kappa shape index (κ2) is 36.8. The highest BCUT2D eigenvalue weighted by atomic mass is 16.5. The van der Waals surface area contributed by atoms with Crippen LogP contribution in [0, 0.1) is 5.92 Å². The van der Waals surface area contributed by atoms with Crippen molar-refractivity contribution in [3.8, 4) is 0 Å². The number of ether oxygens (including phenoxy) is 4. The predicted octanol–water partition coefficient (Wildman–Crippen LogP) is 5.15. The lowest BCUT2D eigenvalue weighted by Gasteiger charge is -2.09. The highest BCUT2D eigenvalue weighted by Gasteiger charge is 2.00. The Morgan fingerprint density at radius 1 is 0.667 bits per heavy atom. The van der Waals surface area contributed by atoms with Crippen LogP contribution < -0.4 is 0 Å². The van der Waals surface area contributed by atoms with Crippen molar-refractivity contribution in [2.75, 3.05) is 48.3 Å². The fraction of sp³-hybridized carbons (Fsp3) is 1.00. The average Bonchev–Trinajstić information content (AvgIpc) is 2.27.